The van der Waals surface area contributed by atoms with E-state index in [9.17, 15) is 14.4 Å². The van der Waals surface area contributed by atoms with Gasteiger partial charge in [0.1, 0.15) is 5.75 Å². The van der Waals surface area contributed by atoms with Crippen molar-refractivity contribution in [2.75, 3.05) is 38.2 Å². The van der Waals surface area contributed by atoms with Gasteiger partial charge in [0.25, 0.3) is 0 Å². The molecule has 2 aliphatic heterocycles. The Morgan fingerprint density at radius 2 is 2.15 bits per heavy atom. The molecule has 3 rings (SSSR count). The fraction of sp³-hybridized carbons (Fsp3) is 0.526. The molecule has 1 aromatic carbocycles. The number of benzene rings is 1. The minimum absolute atomic E-state index is 0.0268. The van der Waals surface area contributed by atoms with E-state index in [0.29, 0.717) is 31.8 Å². The lowest BCUT2D eigenvalue weighted by molar-refractivity contribution is -0.127. The van der Waals surface area contributed by atoms with Gasteiger partial charge in [0, 0.05) is 50.8 Å². The van der Waals surface area contributed by atoms with E-state index in [2.05, 4.69) is 10.6 Å². The summed E-state index contributed by atoms with van der Waals surface area (Å²) >= 11 is 0. The third-order valence-corrected chi connectivity index (χ3v) is 4.89. The number of nitrogens with one attached hydrogen (secondary N) is 2. The zero-order valence-electron chi connectivity index (χ0n) is 15.6. The number of hydrogen-bond donors (Lipinski definition) is 2. The Labute approximate surface area is 158 Å². The van der Waals surface area contributed by atoms with Crippen molar-refractivity contribution in [2.24, 2.45) is 0 Å². The molecule has 8 heteroatoms. The minimum Gasteiger partial charge on any atom is -0.497 e. The number of likely N-dealkylation sites (tertiary alicyclic amines) is 1. The Hall–Kier alpha value is -2.77. The van der Waals surface area contributed by atoms with E-state index in [1.165, 1.54) is 0 Å². The van der Waals surface area contributed by atoms with Crippen molar-refractivity contribution in [3.05, 3.63) is 24.3 Å². The molecule has 1 aromatic rings. The van der Waals surface area contributed by atoms with Crippen LogP contribution in [0.25, 0.3) is 0 Å². The molecule has 0 aromatic heterocycles. The molecular formula is C19H26N4O4. The Kier molecular flexibility index (Phi) is 6.16. The number of amides is 4. The highest BCUT2D eigenvalue weighted by molar-refractivity contribution is 5.97. The first-order chi connectivity index (χ1) is 13.1. The minimum atomic E-state index is -0.284. The first-order valence-electron chi connectivity index (χ1n) is 9.33. The van der Waals surface area contributed by atoms with Crippen LogP contribution in [-0.4, -0.2) is 62.1 Å². The zero-order valence-corrected chi connectivity index (χ0v) is 15.6. The van der Waals surface area contributed by atoms with E-state index >= 15 is 0 Å². The van der Waals surface area contributed by atoms with Gasteiger partial charge in [-0.1, -0.05) is 6.07 Å². The van der Waals surface area contributed by atoms with Gasteiger partial charge in [-0.25, -0.2) is 4.79 Å². The van der Waals surface area contributed by atoms with E-state index in [-0.39, 0.29) is 30.3 Å². The predicted octanol–water partition coefficient (Wildman–Crippen LogP) is 1.11. The normalized spacial score (nSPS) is 19.5. The quantitative estimate of drug-likeness (QED) is 0.700. The van der Waals surface area contributed by atoms with E-state index < -0.39 is 0 Å². The summed E-state index contributed by atoms with van der Waals surface area (Å²) in [6.07, 6.45) is 2.55. The third kappa shape index (κ3) is 4.90. The molecule has 0 bridgehead atoms. The summed E-state index contributed by atoms with van der Waals surface area (Å²) in [7, 11) is 1.58. The zero-order chi connectivity index (χ0) is 19.2. The van der Waals surface area contributed by atoms with Crippen molar-refractivity contribution in [3.8, 4) is 5.75 Å². The molecule has 1 unspecified atom stereocenters. The lowest BCUT2D eigenvalue weighted by Crippen LogP contribution is -2.44. The van der Waals surface area contributed by atoms with E-state index in [0.717, 1.165) is 25.1 Å². The van der Waals surface area contributed by atoms with Crippen molar-refractivity contribution in [1.29, 1.82) is 0 Å². The van der Waals surface area contributed by atoms with Crippen LogP contribution in [0.4, 0.5) is 10.5 Å². The molecule has 2 aliphatic rings. The standard InChI is InChI=1S/C19H26N4O4/c1-27-16-6-2-5-15(12-16)23-13-14(11-18(23)25)21-19(26)20-8-4-10-22-9-3-7-17(22)24/h2,5-6,12,14H,3-4,7-11,13H2,1H3,(H2,20,21,26). The maximum atomic E-state index is 12.3. The van der Waals surface area contributed by atoms with E-state index in [1.54, 1.807) is 18.1 Å². The number of rotatable bonds is 7. The molecule has 0 spiro atoms. The van der Waals surface area contributed by atoms with Gasteiger partial charge in [-0.05, 0) is 25.0 Å². The number of hydrogen-bond acceptors (Lipinski definition) is 4. The molecule has 2 N–H and O–H groups in total. The van der Waals surface area contributed by atoms with Crippen LogP contribution in [0.1, 0.15) is 25.7 Å². The molecule has 8 nitrogen and oxygen atoms in total. The summed E-state index contributed by atoms with van der Waals surface area (Å²) in [6, 6.07) is 6.79. The van der Waals surface area contributed by atoms with Crippen molar-refractivity contribution in [1.82, 2.24) is 15.5 Å². The fourth-order valence-corrected chi connectivity index (χ4v) is 3.48. The number of nitrogens with zero attached hydrogens (tertiary/aromatic N) is 2. The molecule has 1 atom stereocenters. The van der Waals surface area contributed by atoms with Gasteiger partial charge in [0.15, 0.2) is 0 Å². The van der Waals surface area contributed by atoms with Crippen molar-refractivity contribution in [2.45, 2.75) is 31.7 Å². The van der Waals surface area contributed by atoms with Gasteiger partial charge in [0.05, 0.1) is 13.2 Å². The number of ether oxygens (including phenoxy) is 1. The lowest BCUT2D eigenvalue weighted by Gasteiger charge is -2.18. The van der Waals surface area contributed by atoms with Gasteiger partial charge in [-0.15, -0.1) is 0 Å². The molecule has 146 valence electrons. The van der Waals surface area contributed by atoms with Crippen LogP contribution in [0, 0.1) is 0 Å². The topological polar surface area (TPSA) is 91.0 Å². The van der Waals surface area contributed by atoms with Gasteiger partial charge >= 0.3 is 6.03 Å². The number of anilines is 1. The average molecular weight is 374 g/mol. The first kappa shape index (κ1) is 19.0. The second-order valence-electron chi connectivity index (χ2n) is 6.85. The summed E-state index contributed by atoms with van der Waals surface area (Å²) in [6.45, 7) is 2.41. The van der Waals surface area contributed by atoms with Gasteiger partial charge < -0.3 is 25.2 Å². The number of carbonyl (C=O) groups excluding carboxylic acids is 3. The van der Waals surface area contributed by atoms with Crippen molar-refractivity contribution < 1.29 is 19.1 Å². The maximum Gasteiger partial charge on any atom is 0.315 e. The third-order valence-electron chi connectivity index (χ3n) is 4.89. The summed E-state index contributed by atoms with van der Waals surface area (Å²) in [4.78, 5) is 39.4. The molecular weight excluding hydrogens is 348 g/mol. The Balaban J connectivity index is 1.41. The highest BCUT2D eigenvalue weighted by atomic mass is 16.5. The Bertz CT molecular complexity index is 709. The first-order valence-corrected chi connectivity index (χ1v) is 9.33. The van der Waals surface area contributed by atoms with Crippen LogP contribution >= 0.6 is 0 Å². The SMILES string of the molecule is COc1cccc(N2CC(NC(=O)NCCCN3CCCC3=O)CC2=O)c1. The number of methoxy groups -OCH3 is 1. The molecule has 2 saturated heterocycles. The number of urea groups is 1. The monoisotopic (exact) mass is 374 g/mol. The van der Waals surface area contributed by atoms with Gasteiger partial charge in [-0.3, -0.25) is 9.59 Å². The van der Waals surface area contributed by atoms with Crippen molar-refractivity contribution >= 4 is 23.5 Å². The summed E-state index contributed by atoms with van der Waals surface area (Å²) in [5.41, 5.74) is 0.763. The Morgan fingerprint density at radius 1 is 1.30 bits per heavy atom. The molecule has 4 amide bonds. The Morgan fingerprint density at radius 3 is 2.89 bits per heavy atom. The van der Waals surface area contributed by atoms with Crippen molar-refractivity contribution in [3.63, 3.8) is 0 Å². The molecule has 27 heavy (non-hydrogen) atoms. The molecule has 0 aliphatic carbocycles. The molecule has 2 heterocycles. The van der Waals surface area contributed by atoms with Crippen LogP contribution in [0.2, 0.25) is 0 Å². The van der Waals surface area contributed by atoms with E-state index in [1.807, 2.05) is 23.1 Å². The molecule has 0 saturated carbocycles. The van der Waals surface area contributed by atoms with Crippen LogP contribution < -0.4 is 20.3 Å². The van der Waals surface area contributed by atoms with E-state index in [4.69, 9.17) is 4.74 Å². The fourth-order valence-electron chi connectivity index (χ4n) is 3.48. The molecule has 2 fully saturated rings. The average Bonchev–Trinajstić information content (AvgIpc) is 3.24. The van der Waals surface area contributed by atoms with Crippen LogP contribution in [0.15, 0.2) is 24.3 Å². The van der Waals surface area contributed by atoms with Gasteiger partial charge in [0.2, 0.25) is 11.8 Å². The smallest absolute Gasteiger partial charge is 0.315 e. The second kappa shape index (κ2) is 8.75. The summed E-state index contributed by atoms with van der Waals surface area (Å²) < 4.78 is 5.20. The molecule has 0 radical (unpaired) electrons. The van der Waals surface area contributed by atoms with Crippen LogP contribution in [0.3, 0.4) is 0 Å². The largest absolute Gasteiger partial charge is 0.497 e. The maximum absolute atomic E-state index is 12.3. The highest BCUT2D eigenvalue weighted by Gasteiger charge is 2.31. The highest BCUT2D eigenvalue weighted by Crippen LogP contribution is 2.25. The van der Waals surface area contributed by atoms with Crippen LogP contribution in [0.5, 0.6) is 5.75 Å². The lowest BCUT2D eigenvalue weighted by atomic mass is 10.2. The van der Waals surface area contributed by atoms with Crippen LogP contribution in [-0.2, 0) is 9.59 Å². The summed E-state index contributed by atoms with van der Waals surface area (Å²) in [5.74, 6) is 0.855. The number of carbonyl (C=O) groups is 3. The summed E-state index contributed by atoms with van der Waals surface area (Å²) in [5, 5.41) is 5.65. The second-order valence-corrected chi connectivity index (χ2v) is 6.85. The van der Waals surface area contributed by atoms with Gasteiger partial charge in [-0.2, -0.15) is 0 Å². The predicted molar refractivity (Wildman–Crippen MR) is 101 cm³/mol.